The first-order valence-electron chi connectivity index (χ1n) is 10.5. The lowest BCUT2D eigenvalue weighted by atomic mass is 9.97. The van der Waals surface area contributed by atoms with E-state index in [-0.39, 0.29) is 23.3 Å². The molecule has 1 aliphatic carbocycles. The van der Waals surface area contributed by atoms with Gasteiger partial charge in [0.2, 0.25) is 5.91 Å². The van der Waals surface area contributed by atoms with Gasteiger partial charge in [-0.2, -0.15) is 0 Å². The molecule has 0 radical (unpaired) electrons. The van der Waals surface area contributed by atoms with E-state index in [2.05, 4.69) is 5.32 Å². The molecule has 7 heteroatoms. The highest BCUT2D eigenvalue weighted by Crippen LogP contribution is 2.35. The molecule has 158 valence electrons. The third-order valence-electron chi connectivity index (χ3n) is 5.60. The fourth-order valence-electron chi connectivity index (χ4n) is 3.75. The van der Waals surface area contributed by atoms with E-state index in [1.165, 1.54) is 28.6 Å². The average Bonchev–Trinajstić information content (AvgIpc) is 3.11. The minimum Gasteiger partial charge on any atom is -0.353 e. The fraction of sp³-hybridized carbons (Fsp3) is 0.435. The smallest absolute Gasteiger partial charge is 0.267 e. The molecular formula is C23H27N3O2S2. The number of aromatic nitrogens is 2. The molecule has 2 heterocycles. The predicted molar refractivity (Wildman–Crippen MR) is 125 cm³/mol. The molecule has 4 rings (SSSR count). The second-order valence-corrected chi connectivity index (χ2v) is 9.95. The minimum absolute atomic E-state index is 0.0203. The Morgan fingerprint density at radius 3 is 2.73 bits per heavy atom. The number of hydrogen-bond donors (Lipinski definition) is 1. The molecule has 30 heavy (non-hydrogen) atoms. The fourth-order valence-corrected chi connectivity index (χ4v) is 5.88. The molecule has 0 aliphatic heterocycles. The van der Waals surface area contributed by atoms with Gasteiger partial charge in [0.05, 0.1) is 16.8 Å². The normalized spacial score (nSPS) is 14.5. The van der Waals surface area contributed by atoms with Crippen LogP contribution in [0.1, 0.15) is 49.1 Å². The monoisotopic (exact) mass is 441 g/mol. The van der Waals surface area contributed by atoms with Crippen molar-refractivity contribution in [3.63, 3.8) is 0 Å². The van der Waals surface area contributed by atoms with Crippen LogP contribution in [0.5, 0.6) is 0 Å². The van der Waals surface area contributed by atoms with E-state index in [1.54, 1.807) is 15.9 Å². The van der Waals surface area contributed by atoms with E-state index < -0.39 is 0 Å². The first-order chi connectivity index (χ1) is 14.5. The minimum atomic E-state index is -0.0374. The van der Waals surface area contributed by atoms with Gasteiger partial charge < -0.3 is 5.32 Å². The molecule has 0 spiro atoms. The summed E-state index contributed by atoms with van der Waals surface area (Å²) in [5, 5.41) is 4.33. The van der Waals surface area contributed by atoms with Crippen molar-refractivity contribution in [1.29, 1.82) is 0 Å². The number of thioether (sulfide) groups is 1. The highest BCUT2D eigenvalue weighted by atomic mass is 32.2. The molecule has 1 aliphatic rings. The molecule has 1 aromatic carbocycles. The Kier molecular flexibility index (Phi) is 6.29. The standard InChI is InChI=1S/C23H27N3O2S2/c1-4-15(3)24-19(27)13-29-23-25-21-20(17-7-5-6-8-18(17)30-21)22(28)26(23)16-11-9-14(2)10-12-16/h9-12,15H,4-8,13H2,1-3H3,(H,24,27). The molecule has 1 atom stereocenters. The molecule has 0 saturated carbocycles. The van der Waals surface area contributed by atoms with Crippen molar-refractivity contribution < 1.29 is 4.79 Å². The zero-order valence-electron chi connectivity index (χ0n) is 17.7. The Morgan fingerprint density at radius 2 is 2.00 bits per heavy atom. The van der Waals surface area contributed by atoms with Gasteiger partial charge in [-0.3, -0.25) is 14.2 Å². The zero-order valence-corrected chi connectivity index (χ0v) is 19.3. The Balaban J connectivity index is 1.79. The van der Waals surface area contributed by atoms with E-state index in [1.807, 2.05) is 45.0 Å². The summed E-state index contributed by atoms with van der Waals surface area (Å²) in [5.41, 5.74) is 3.09. The van der Waals surface area contributed by atoms with Gasteiger partial charge in [0.25, 0.3) is 5.56 Å². The van der Waals surface area contributed by atoms with Gasteiger partial charge in [0.1, 0.15) is 4.83 Å². The molecule has 5 nitrogen and oxygen atoms in total. The predicted octanol–water partition coefficient (Wildman–Crippen LogP) is 4.64. The summed E-state index contributed by atoms with van der Waals surface area (Å²) < 4.78 is 1.69. The van der Waals surface area contributed by atoms with Crippen LogP contribution in [0.4, 0.5) is 0 Å². The molecule has 0 bridgehead atoms. The Labute approximate surface area is 184 Å². The number of carbonyl (C=O) groups is 1. The number of nitrogens with one attached hydrogen (secondary N) is 1. The Bertz CT molecular complexity index is 1130. The van der Waals surface area contributed by atoms with Gasteiger partial charge in [-0.1, -0.05) is 36.4 Å². The van der Waals surface area contributed by atoms with Crippen LogP contribution in [0, 0.1) is 6.92 Å². The summed E-state index contributed by atoms with van der Waals surface area (Å²) in [5.74, 6) is 0.198. The van der Waals surface area contributed by atoms with Crippen molar-refractivity contribution in [2.75, 3.05) is 5.75 Å². The van der Waals surface area contributed by atoms with E-state index in [0.29, 0.717) is 5.16 Å². The highest BCUT2D eigenvalue weighted by Gasteiger charge is 2.23. The second kappa shape index (κ2) is 8.94. The maximum atomic E-state index is 13.7. The quantitative estimate of drug-likeness (QED) is 0.447. The molecule has 1 unspecified atom stereocenters. The summed E-state index contributed by atoms with van der Waals surface area (Å²) in [6.07, 6.45) is 5.15. The number of amides is 1. The molecular weight excluding hydrogens is 414 g/mol. The van der Waals surface area contributed by atoms with Gasteiger partial charge in [-0.05, 0) is 63.6 Å². The van der Waals surface area contributed by atoms with Crippen molar-refractivity contribution in [3.8, 4) is 5.69 Å². The third kappa shape index (κ3) is 4.18. The van der Waals surface area contributed by atoms with Crippen LogP contribution in [-0.4, -0.2) is 27.3 Å². The van der Waals surface area contributed by atoms with Crippen LogP contribution >= 0.6 is 23.1 Å². The van der Waals surface area contributed by atoms with E-state index in [4.69, 9.17) is 4.98 Å². The first kappa shape index (κ1) is 21.1. The molecule has 1 N–H and O–H groups in total. The van der Waals surface area contributed by atoms with Gasteiger partial charge in [-0.25, -0.2) is 4.98 Å². The van der Waals surface area contributed by atoms with Crippen LogP contribution in [0.2, 0.25) is 0 Å². The number of carbonyl (C=O) groups excluding carboxylic acids is 1. The van der Waals surface area contributed by atoms with Gasteiger partial charge in [0, 0.05) is 10.9 Å². The van der Waals surface area contributed by atoms with E-state index in [0.717, 1.165) is 47.2 Å². The summed E-state index contributed by atoms with van der Waals surface area (Å²) in [4.78, 5) is 33.0. The molecule has 2 aromatic heterocycles. The summed E-state index contributed by atoms with van der Waals surface area (Å²) in [6.45, 7) is 6.06. The summed E-state index contributed by atoms with van der Waals surface area (Å²) >= 11 is 2.97. The average molecular weight is 442 g/mol. The number of fused-ring (bicyclic) bond motifs is 3. The number of aryl methyl sites for hydroxylation is 3. The highest BCUT2D eigenvalue weighted by molar-refractivity contribution is 7.99. The zero-order chi connectivity index (χ0) is 21.3. The van der Waals surface area contributed by atoms with Gasteiger partial charge in [0.15, 0.2) is 5.16 Å². The van der Waals surface area contributed by atoms with Crippen molar-refractivity contribution in [2.24, 2.45) is 0 Å². The van der Waals surface area contributed by atoms with Crippen LogP contribution in [0.15, 0.2) is 34.2 Å². The number of hydrogen-bond acceptors (Lipinski definition) is 5. The largest absolute Gasteiger partial charge is 0.353 e. The van der Waals surface area contributed by atoms with Crippen LogP contribution in [0.25, 0.3) is 15.9 Å². The van der Waals surface area contributed by atoms with Crippen molar-refractivity contribution in [1.82, 2.24) is 14.9 Å². The second-order valence-electron chi connectivity index (χ2n) is 7.93. The maximum Gasteiger partial charge on any atom is 0.267 e. The van der Waals surface area contributed by atoms with Gasteiger partial charge >= 0.3 is 0 Å². The summed E-state index contributed by atoms with van der Waals surface area (Å²) in [6, 6.07) is 8.04. The molecule has 1 amide bonds. The number of thiophene rings is 1. The van der Waals surface area contributed by atoms with Crippen LogP contribution in [-0.2, 0) is 17.6 Å². The molecule has 0 fully saturated rings. The van der Waals surface area contributed by atoms with Gasteiger partial charge in [-0.15, -0.1) is 11.3 Å². The van der Waals surface area contributed by atoms with Crippen LogP contribution in [0.3, 0.4) is 0 Å². The Morgan fingerprint density at radius 1 is 1.27 bits per heavy atom. The number of benzene rings is 1. The molecule has 3 aromatic rings. The van der Waals surface area contributed by atoms with Crippen molar-refractivity contribution >= 4 is 39.2 Å². The van der Waals surface area contributed by atoms with Crippen LogP contribution < -0.4 is 10.9 Å². The van der Waals surface area contributed by atoms with E-state index >= 15 is 0 Å². The number of rotatable bonds is 6. The Hall–Kier alpha value is -2.12. The maximum absolute atomic E-state index is 13.7. The lowest BCUT2D eigenvalue weighted by Gasteiger charge is -2.14. The summed E-state index contributed by atoms with van der Waals surface area (Å²) in [7, 11) is 0. The van der Waals surface area contributed by atoms with Crippen molar-refractivity contribution in [3.05, 3.63) is 50.6 Å². The topological polar surface area (TPSA) is 64.0 Å². The number of nitrogens with zero attached hydrogens (tertiary/aromatic N) is 2. The van der Waals surface area contributed by atoms with E-state index in [9.17, 15) is 9.59 Å². The lowest BCUT2D eigenvalue weighted by molar-refractivity contribution is -0.119. The SMILES string of the molecule is CCC(C)NC(=O)CSc1nc2sc3c(c2c(=O)n1-c1ccc(C)cc1)CCCC3. The molecule has 0 saturated heterocycles. The van der Waals surface area contributed by atoms with Crippen molar-refractivity contribution in [2.45, 2.75) is 64.1 Å². The lowest BCUT2D eigenvalue weighted by Crippen LogP contribution is -2.33. The third-order valence-corrected chi connectivity index (χ3v) is 7.73. The first-order valence-corrected chi connectivity index (χ1v) is 12.3.